The predicted octanol–water partition coefficient (Wildman–Crippen LogP) is 3.42. The van der Waals surface area contributed by atoms with Gasteiger partial charge in [-0.2, -0.15) is 0 Å². The molecule has 2 aliphatic heterocycles. The third-order valence-electron chi connectivity index (χ3n) is 5.84. The number of aliphatic hydroxyl groups is 1. The minimum absolute atomic E-state index is 0.269. The van der Waals surface area contributed by atoms with Crippen LogP contribution < -0.4 is 4.74 Å². The number of aromatic amines is 1. The molecule has 24 heavy (non-hydrogen) atoms. The van der Waals surface area contributed by atoms with E-state index in [1.807, 2.05) is 6.07 Å². The molecule has 0 aliphatic carbocycles. The second kappa shape index (κ2) is 6.26. The van der Waals surface area contributed by atoms with E-state index in [1.54, 1.807) is 7.11 Å². The van der Waals surface area contributed by atoms with Crippen LogP contribution in [0.15, 0.2) is 29.8 Å². The van der Waals surface area contributed by atoms with Crippen LogP contribution in [0.1, 0.15) is 37.1 Å². The molecule has 0 saturated carbocycles. The van der Waals surface area contributed by atoms with Crippen LogP contribution in [0, 0.1) is 5.92 Å². The molecule has 1 saturated heterocycles. The Morgan fingerprint density at radius 3 is 3.04 bits per heavy atom. The summed E-state index contributed by atoms with van der Waals surface area (Å²) in [5.74, 6) is 1.41. The Bertz CT molecular complexity index is 777. The molecule has 4 rings (SSSR count). The number of nitrogens with zero attached hydrogens (tertiary/aromatic N) is 1. The lowest BCUT2D eigenvalue weighted by Gasteiger charge is -2.43. The van der Waals surface area contributed by atoms with Gasteiger partial charge in [0.05, 0.1) is 13.2 Å². The Hall–Kier alpha value is -1.78. The summed E-state index contributed by atoms with van der Waals surface area (Å²) >= 11 is 0. The van der Waals surface area contributed by atoms with Gasteiger partial charge in [-0.15, -0.1) is 0 Å². The molecule has 1 fully saturated rings. The van der Waals surface area contributed by atoms with Crippen LogP contribution in [-0.4, -0.2) is 41.8 Å². The number of hydrogen-bond donors (Lipinski definition) is 2. The van der Waals surface area contributed by atoms with Gasteiger partial charge in [-0.3, -0.25) is 4.90 Å². The smallest absolute Gasteiger partial charge is 0.119 e. The van der Waals surface area contributed by atoms with Crippen molar-refractivity contribution in [1.29, 1.82) is 0 Å². The highest BCUT2D eigenvalue weighted by molar-refractivity contribution is 5.86. The van der Waals surface area contributed by atoms with Crippen molar-refractivity contribution in [1.82, 2.24) is 9.88 Å². The SMILES string of the molecule is C/C=C1\CN2CCc3c([nH]c4ccc(OC)cc34)[C@@H]2C[C@@H]1CCO. The third kappa shape index (κ3) is 2.45. The van der Waals surface area contributed by atoms with Crippen molar-refractivity contribution in [2.45, 2.75) is 32.2 Å². The van der Waals surface area contributed by atoms with Crippen molar-refractivity contribution in [2.75, 3.05) is 26.8 Å². The van der Waals surface area contributed by atoms with Crippen LogP contribution in [0.5, 0.6) is 5.75 Å². The van der Waals surface area contributed by atoms with Gasteiger partial charge in [-0.25, -0.2) is 0 Å². The lowest BCUT2D eigenvalue weighted by molar-refractivity contribution is 0.126. The van der Waals surface area contributed by atoms with Gasteiger partial charge in [0, 0.05) is 36.3 Å². The fourth-order valence-electron chi connectivity index (χ4n) is 4.55. The van der Waals surface area contributed by atoms with Crippen molar-refractivity contribution in [3.05, 3.63) is 41.1 Å². The molecule has 0 spiro atoms. The number of methoxy groups -OCH3 is 1. The van der Waals surface area contributed by atoms with Crippen LogP contribution in [0.25, 0.3) is 10.9 Å². The molecule has 2 aromatic rings. The number of aliphatic hydroxyl groups excluding tert-OH is 1. The fraction of sp³-hybridized carbons (Fsp3) is 0.500. The topological polar surface area (TPSA) is 48.5 Å². The monoisotopic (exact) mass is 326 g/mol. The number of ether oxygens (including phenoxy) is 1. The highest BCUT2D eigenvalue weighted by Gasteiger charge is 2.37. The first-order valence-electron chi connectivity index (χ1n) is 8.93. The summed E-state index contributed by atoms with van der Waals surface area (Å²) in [5, 5.41) is 10.7. The van der Waals surface area contributed by atoms with E-state index in [0.29, 0.717) is 12.0 Å². The summed E-state index contributed by atoms with van der Waals surface area (Å²) in [7, 11) is 1.72. The molecule has 0 radical (unpaired) electrons. The van der Waals surface area contributed by atoms with Gasteiger partial charge in [0.25, 0.3) is 0 Å². The van der Waals surface area contributed by atoms with Crippen molar-refractivity contribution in [2.24, 2.45) is 5.92 Å². The molecule has 0 bridgehead atoms. The maximum Gasteiger partial charge on any atom is 0.119 e. The second-order valence-electron chi connectivity index (χ2n) is 6.97. The molecule has 3 heterocycles. The van der Waals surface area contributed by atoms with Gasteiger partial charge in [0.1, 0.15) is 5.75 Å². The average Bonchev–Trinajstić information content (AvgIpc) is 2.99. The third-order valence-corrected chi connectivity index (χ3v) is 5.84. The molecule has 2 atom stereocenters. The van der Waals surface area contributed by atoms with Crippen molar-refractivity contribution in [3.63, 3.8) is 0 Å². The van der Waals surface area contributed by atoms with Gasteiger partial charge in [-0.05, 0) is 55.9 Å². The van der Waals surface area contributed by atoms with E-state index in [1.165, 1.54) is 27.7 Å². The fourth-order valence-corrected chi connectivity index (χ4v) is 4.55. The highest BCUT2D eigenvalue weighted by atomic mass is 16.5. The van der Waals surface area contributed by atoms with E-state index in [4.69, 9.17) is 4.74 Å². The van der Waals surface area contributed by atoms with Gasteiger partial charge in [0.15, 0.2) is 0 Å². The molecule has 0 amide bonds. The maximum absolute atomic E-state index is 9.43. The largest absolute Gasteiger partial charge is 0.497 e. The Morgan fingerprint density at radius 2 is 2.29 bits per heavy atom. The zero-order valence-corrected chi connectivity index (χ0v) is 14.5. The number of rotatable bonds is 3. The normalized spacial score (nSPS) is 25.7. The number of benzene rings is 1. The molecular formula is C20H26N2O2. The first-order valence-corrected chi connectivity index (χ1v) is 8.93. The van der Waals surface area contributed by atoms with E-state index in [-0.39, 0.29) is 6.61 Å². The van der Waals surface area contributed by atoms with E-state index in [0.717, 1.165) is 38.1 Å². The molecule has 1 aromatic carbocycles. The minimum atomic E-state index is 0.269. The molecule has 1 aromatic heterocycles. The highest BCUT2D eigenvalue weighted by Crippen LogP contribution is 2.43. The van der Waals surface area contributed by atoms with Gasteiger partial charge >= 0.3 is 0 Å². The van der Waals surface area contributed by atoms with E-state index in [2.05, 4.69) is 35.0 Å². The number of nitrogens with one attached hydrogen (secondary N) is 1. The molecule has 128 valence electrons. The Morgan fingerprint density at radius 1 is 1.42 bits per heavy atom. The molecule has 2 aliphatic rings. The van der Waals surface area contributed by atoms with Gasteiger partial charge in [0.2, 0.25) is 0 Å². The van der Waals surface area contributed by atoms with Crippen molar-refractivity contribution in [3.8, 4) is 5.75 Å². The van der Waals surface area contributed by atoms with Gasteiger partial charge in [-0.1, -0.05) is 11.6 Å². The average molecular weight is 326 g/mol. The number of piperidine rings is 1. The summed E-state index contributed by atoms with van der Waals surface area (Å²) in [6.07, 6.45) is 5.30. The number of hydrogen-bond acceptors (Lipinski definition) is 3. The summed E-state index contributed by atoms with van der Waals surface area (Å²) in [6, 6.07) is 6.75. The molecule has 4 nitrogen and oxygen atoms in total. The molecule has 2 N–H and O–H groups in total. The Kier molecular flexibility index (Phi) is 4.10. The molecule has 4 heteroatoms. The van der Waals surface area contributed by atoms with Crippen LogP contribution in [0.4, 0.5) is 0 Å². The van der Waals surface area contributed by atoms with Crippen LogP contribution >= 0.6 is 0 Å². The van der Waals surface area contributed by atoms with E-state index >= 15 is 0 Å². The number of allylic oxidation sites excluding steroid dienone is 1. The number of fused-ring (bicyclic) bond motifs is 5. The number of H-pyrrole nitrogens is 1. The standard InChI is InChI=1S/C20H26N2O2/c1-3-13-12-22-8-6-16-17-11-15(24-2)4-5-18(17)21-20(16)19(22)10-14(13)7-9-23/h3-5,11,14,19,21,23H,6-10,12H2,1-2H3/b13-3+/t14-,19-/m0/s1. The quantitative estimate of drug-likeness (QED) is 0.850. The molecule has 0 unspecified atom stereocenters. The summed E-state index contributed by atoms with van der Waals surface area (Å²) in [4.78, 5) is 6.28. The summed E-state index contributed by atoms with van der Waals surface area (Å²) in [6.45, 7) is 4.53. The first kappa shape index (κ1) is 15.7. The predicted molar refractivity (Wildman–Crippen MR) is 96.4 cm³/mol. The van der Waals surface area contributed by atoms with Gasteiger partial charge < -0.3 is 14.8 Å². The second-order valence-corrected chi connectivity index (χ2v) is 6.97. The number of aromatic nitrogens is 1. The lowest BCUT2D eigenvalue weighted by atomic mass is 9.80. The van der Waals surface area contributed by atoms with E-state index < -0.39 is 0 Å². The zero-order valence-electron chi connectivity index (χ0n) is 14.5. The Balaban J connectivity index is 1.74. The zero-order chi connectivity index (χ0) is 16.7. The summed E-state index contributed by atoms with van der Waals surface area (Å²) in [5.41, 5.74) is 5.53. The first-order chi connectivity index (χ1) is 11.7. The van der Waals surface area contributed by atoms with E-state index in [9.17, 15) is 5.11 Å². The Labute approximate surface area is 143 Å². The van der Waals surface area contributed by atoms with Crippen LogP contribution in [0.3, 0.4) is 0 Å². The van der Waals surface area contributed by atoms with Crippen LogP contribution in [0.2, 0.25) is 0 Å². The van der Waals surface area contributed by atoms with Crippen molar-refractivity contribution >= 4 is 10.9 Å². The summed E-state index contributed by atoms with van der Waals surface area (Å²) < 4.78 is 5.41. The maximum atomic E-state index is 9.43. The molecular weight excluding hydrogens is 300 g/mol. The van der Waals surface area contributed by atoms with Crippen LogP contribution in [-0.2, 0) is 6.42 Å². The lowest BCUT2D eigenvalue weighted by Crippen LogP contribution is -2.42. The minimum Gasteiger partial charge on any atom is -0.497 e. The van der Waals surface area contributed by atoms with Crippen molar-refractivity contribution < 1.29 is 9.84 Å².